The first-order valence-electron chi connectivity index (χ1n) is 14.3. The molecule has 0 fully saturated rings. The fourth-order valence-corrected chi connectivity index (χ4v) is 3.61. The maximum Gasteiger partial charge on any atom is 0.514 e. The van der Waals surface area contributed by atoms with Gasteiger partial charge in [0.15, 0.2) is 11.5 Å². The van der Waals surface area contributed by atoms with Gasteiger partial charge in [0.05, 0.1) is 13.2 Å². The maximum atomic E-state index is 12.7. The minimum absolute atomic E-state index is 0.163. The highest BCUT2D eigenvalue weighted by Crippen LogP contribution is 2.36. The number of hydrogen-bond acceptors (Lipinski definition) is 11. The molecule has 3 N–H and O–H groups in total. The number of ether oxygens (including phenoxy) is 6. The van der Waals surface area contributed by atoms with E-state index < -0.39 is 53.5 Å². The fraction of sp³-hybridized carbons (Fsp3) is 0.667. The number of rotatable bonds is 16. The first kappa shape index (κ1) is 36.5. The van der Waals surface area contributed by atoms with Crippen molar-refractivity contribution in [1.82, 2.24) is 0 Å². The number of benzene rings is 1. The van der Waals surface area contributed by atoms with Crippen molar-refractivity contribution in [1.29, 1.82) is 0 Å². The Morgan fingerprint density at radius 3 is 1.88 bits per heavy atom. The Balaban J connectivity index is 3.34. The summed E-state index contributed by atoms with van der Waals surface area (Å²) < 4.78 is 31.8. The molecular weight excluding hydrogens is 550 g/mol. The Hall–Kier alpha value is -3.54. The Morgan fingerprint density at radius 2 is 1.38 bits per heavy atom. The minimum atomic E-state index is -1.43. The molecule has 12 nitrogen and oxygen atoms in total. The molecule has 1 aromatic rings. The quantitative estimate of drug-likeness (QED) is 0.0910. The van der Waals surface area contributed by atoms with Crippen molar-refractivity contribution in [3.63, 3.8) is 0 Å². The second-order valence-corrected chi connectivity index (χ2v) is 11.3. The van der Waals surface area contributed by atoms with Gasteiger partial charge in [-0.25, -0.2) is 14.4 Å². The summed E-state index contributed by atoms with van der Waals surface area (Å²) in [5.41, 5.74) is 4.73. The van der Waals surface area contributed by atoms with Crippen LogP contribution < -0.4 is 15.2 Å². The molecule has 0 saturated heterocycles. The summed E-state index contributed by atoms with van der Waals surface area (Å²) in [5, 5.41) is 9.73. The van der Waals surface area contributed by atoms with Gasteiger partial charge < -0.3 is 39.3 Å². The molecule has 0 aliphatic rings. The van der Waals surface area contributed by atoms with E-state index in [0.29, 0.717) is 24.8 Å². The molecule has 0 bridgehead atoms. The van der Waals surface area contributed by atoms with Crippen molar-refractivity contribution in [2.24, 2.45) is 11.7 Å². The molecule has 1 rings (SSSR count). The van der Waals surface area contributed by atoms with E-state index in [1.165, 1.54) is 18.2 Å². The zero-order chi connectivity index (χ0) is 32.1. The highest BCUT2D eigenvalue weighted by molar-refractivity contribution is 5.75. The Kier molecular flexibility index (Phi) is 14.6. The van der Waals surface area contributed by atoms with E-state index in [4.69, 9.17) is 34.2 Å². The molecule has 2 unspecified atom stereocenters. The lowest BCUT2D eigenvalue weighted by atomic mass is 9.82. The number of nitrogens with two attached hydrogens (primary N) is 1. The largest absolute Gasteiger partial charge is 0.514 e. The van der Waals surface area contributed by atoms with Gasteiger partial charge in [-0.15, -0.1) is 0 Å². The van der Waals surface area contributed by atoms with E-state index in [1.807, 2.05) is 20.8 Å². The van der Waals surface area contributed by atoms with Crippen LogP contribution in [0.5, 0.6) is 11.5 Å². The number of carboxylic acids is 1. The highest BCUT2D eigenvalue weighted by atomic mass is 16.8. The van der Waals surface area contributed by atoms with Gasteiger partial charge in [-0.3, -0.25) is 4.79 Å². The summed E-state index contributed by atoms with van der Waals surface area (Å²) in [4.78, 5) is 49.1. The Bertz CT molecular complexity index is 1050. The molecule has 0 aromatic heterocycles. The van der Waals surface area contributed by atoms with Crippen LogP contribution in [0.15, 0.2) is 18.2 Å². The first-order chi connectivity index (χ1) is 19.6. The lowest BCUT2D eigenvalue weighted by Gasteiger charge is -2.28. The number of carboxylic acid groups (broad SMARTS) is 1. The predicted molar refractivity (Wildman–Crippen MR) is 154 cm³/mol. The summed E-state index contributed by atoms with van der Waals surface area (Å²) in [5.74, 6) is -3.21. The normalized spacial score (nSPS) is 13.7. The van der Waals surface area contributed by atoms with Gasteiger partial charge >= 0.3 is 24.4 Å². The molecule has 0 spiro atoms. The fourth-order valence-electron chi connectivity index (χ4n) is 3.61. The molecule has 1 aromatic carbocycles. The molecule has 0 aliphatic carbocycles. The van der Waals surface area contributed by atoms with Crippen molar-refractivity contribution in [2.45, 2.75) is 111 Å². The number of unbranched alkanes of at least 4 members (excludes halogenated alkanes) is 2. The molecule has 3 atom stereocenters. The molecule has 12 heteroatoms. The molecule has 238 valence electrons. The smallest absolute Gasteiger partial charge is 0.480 e. The van der Waals surface area contributed by atoms with Crippen LogP contribution in [0, 0.1) is 5.92 Å². The zero-order valence-corrected chi connectivity index (χ0v) is 26.0. The summed E-state index contributed by atoms with van der Waals surface area (Å²) in [6, 6.07) is 2.72. The lowest BCUT2D eigenvalue weighted by Crippen LogP contribution is -2.40. The van der Waals surface area contributed by atoms with Crippen LogP contribution in [0.2, 0.25) is 0 Å². The summed E-state index contributed by atoms with van der Waals surface area (Å²) in [7, 11) is 0. The lowest BCUT2D eigenvalue weighted by molar-refractivity contribution is -0.139. The topological polar surface area (TPSA) is 170 Å². The number of carbonyl (C=O) groups is 4. The molecule has 0 saturated carbocycles. The van der Waals surface area contributed by atoms with E-state index in [2.05, 4.69) is 0 Å². The van der Waals surface area contributed by atoms with Gasteiger partial charge in [0, 0.05) is 5.92 Å². The number of aliphatic carboxylic acids is 1. The first-order valence-corrected chi connectivity index (χ1v) is 14.3. The van der Waals surface area contributed by atoms with Crippen LogP contribution in [-0.2, 0) is 23.7 Å². The van der Waals surface area contributed by atoms with Gasteiger partial charge in [0.2, 0.25) is 0 Å². The van der Waals surface area contributed by atoms with Crippen molar-refractivity contribution in [2.75, 3.05) is 13.2 Å². The second kappa shape index (κ2) is 16.8. The van der Waals surface area contributed by atoms with Crippen LogP contribution in [0.4, 0.5) is 14.4 Å². The third-order valence-corrected chi connectivity index (χ3v) is 6.88. The van der Waals surface area contributed by atoms with Gasteiger partial charge in [0.25, 0.3) is 0 Å². The highest BCUT2D eigenvalue weighted by Gasteiger charge is 2.33. The Labute approximate surface area is 248 Å². The summed E-state index contributed by atoms with van der Waals surface area (Å²) in [6.07, 6.45) is 0.621. The summed E-state index contributed by atoms with van der Waals surface area (Å²) >= 11 is 0. The zero-order valence-electron chi connectivity index (χ0n) is 26.0. The van der Waals surface area contributed by atoms with Crippen LogP contribution in [0.1, 0.15) is 99.0 Å². The van der Waals surface area contributed by atoms with E-state index in [9.17, 15) is 24.3 Å². The van der Waals surface area contributed by atoms with Crippen LogP contribution in [0.3, 0.4) is 0 Å². The molecule has 42 heavy (non-hydrogen) atoms. The molecule has 0 heterocycles. The van der Waals surface area contributed by atoms with Gasteiger partial charge in [-0.05, 0) is 70.6 Å². The standard InChI is InChI=1S/C30H47NO11/c1-9-12-13-16-37-26(34)38-18-19(4)23(24(31)25(32)33)20-14-15-21(39-27(35)41-29(5,6)10-2)22(17-20)40-28(36)42-30(7,8)11-3/h14-15,17,19,23-24H,9-13,16,18,31H2,1-8H3,(H,32,33)/t19?,23?,24-/m0/s1. The molecule has 0 aliphatic heterocycles. The van der Waals surface area contributed by atoms with Crippen LogP contribution >= 0.6 is 0 Å². The average Bonchev–Trinajstić information content (AvgIpc) is 2.90. The van der Waals surface area contributed by atoms with E-state index in [1.54, 1.807) is 34.6 Å². The second-order valence-electron chi connectivity index (χ2n) is 11.3. The third kappa shape index (κ3) is 12.5. The number of hydrogen-bond donors (Lipinski definition) is 2. The van der Waals surface area contributed by atoms with E-state index in [-0.39, 0.29) is 24.7 Å². The van der Waals surface area contributed by atoms with Crippen molar-refractivity contribution >= 4 is 24.4 Å². The maximum absolute atomic E-state index is 12.7. The van der Waals surface area contributed by atoms with Gasteiger partial charge in [-0.1, -0.05) is 46.6 Å². The third-order valence-electron chi connectivity index (χ3n) is 6.88. The molecular formula is C30H47NO11. The number of carbonyl (C=O) groups excluding carboxylic acids is 3. The van der Waals surface area contributed by atoms with Crippen molar-refractivity contribution in [3.8, 4) is 11.5 Å². The SMILES string of the molecule is CCCCCOC(=O)OCC(C)C(c1ccc(OC(=O)OC(C)(C)CC)c(OC(=O)OC(C)(C)CC)c1)[C@H](N)C(=O)O. The van der Waals surface area contributed by atoms with Crippen LogP contribution in [0.25, 0.3) is 0 Å². The minimum Gasteiger partial charge on any atom is -0.480 e. The van der Waals surface area contributed by atoms with E-state index >= 15 is 0 Å². The molecule has 0 amide bonds. The average molecular weight is 598 g/mol. The van der Waals surface area contributed by atoms with E-state index in [0.717, 1.165) is 12.8 Å². The summed E-state index contributed by atoms with van der Waals surface area (Å²) in [6.45, 7) is 14.2. The molecule has 0 radical (unpaired) electrons. The van der Waals surface area contributed by atoms with Crippen LogP contribution in [-0.4, -0.2) is 60.0 Å². The predicted octanol–water partition coefficient (Wildman–Crippen LogP) is 6.57. The van der Waals surface area contributed by atoms with Gasteiger partial charge in [0.1, 0.15) is 17.2 Å². The monoisotopic (exact) mass is 597 g/mol. The van der Waals surface area contributed by atoms with Gasteiger partial charge in [-0.2, -0.15) is 0 Å². The van der Waals surface area contributed by atoms with Crippen molar-refractivity contribution < 1.29 is 52.7 Å². The Morgan fingerprint density at radius 1 is 0.833 bits per heavy atom. The van der Waals surface area contributed by atoms with Crippen molar-refractivity contribution in [3.05, 3.63) is 23.8 Å².